The van der Waals surface area contributed by atoms with Crippen molar-refractivity contribution in [1.82, 2.24) is 0 Å². The third-order valence-electron chi connectivity index (χ3n) is 2.47. The van der Waals surface area contributed by atoms with Gasteiger partial charge in [-0.2, -0.15) is 8.78 Å². The number of ether oxygens (including phenoxy) is 1. The summed E-state index contributed by atoms with van der Waals surface area (Å²) in [6.45, 7) is 0. The molecule has 0 radical (unpaired) electrons. The molecular weight excluding hydrogens is 290 g/mol. The molecule has 0 fully saturated rings. The second-order valence-corrected chi connectivity index (χ2v) is 3.84. The van der Waals surface area contributed by atoms with Crippen molar-refractivity contribution in [2.75, 3.05) is 0 Å². The van der Waals surface area contributed by atoms with Crippen LogP contribution in [0.2, 0.25) is 0 Å². The summed E-state index contributed by atoms with van der Waals surface area (Å²) in [6, 6.07) is 5.56. The highest BCUT2D eigenvalue weighted by Gasteiger charge is 2.17. The van der Waals surface area contributed by atoms with Gasteiger partial charge in [0.2, 0.25) is 11.6 Å². The highest BCUT2D eigenvalue weighted by Crippen LogP contribution is 2.29. The van der Waals surface area contributed by atoms with Crippen LogP contribution in [0.3, 0.4) is 0 Å². The van der Waals surface area contributed by atoms with Crippen molar-refractivity contribution in [1.29, 1.82) is 0 Å². The first-order valence-corrected chi connectivity index (χ1v) is 5.44. The standard InChI is InChI=1S/C12H6F2N2O5/c13-9-5-7(1-3-11(9)15(17)18)21-8-2-4-12(16(19)20)10(14)6-8/h1-6H. The minimum Gasteiger partial charge on any atom is -0.457 e. The van der Waals surface area contributed by atoms with Crippen molar-refractivity contribution in [2.45, 2.75) is 0 Å². The maximum absolute atomic E-state index is 13.4. The van der Waals surface area contributed by atoms with E-state index >= 15 is 0 Å². The lowest BCUT2D eigenvalue weighted by Crippen LogP contribution is -1.95. The first-order chi connectivity index (χ1) is 9.88. The second-order valence-electron chi connectivity index (χ2n) is 3.84. The Labute approximate surface area is 115 Å². The molecule has 0 aliphatic carbocycles. The minimum absolute atomic E-state index is 0.105. The molecule has 0 heterocycles. The van der Waals surface area contributed by atoms with Crippen molar-refractivity contribution < 1.29 is 23.4 Å². The van der Waals surface area contributed by atoms with E-state index < -0.39 is 32.9 Å². The molecule has 21 heavy (non-hydrogen) atoms. The summed E-state index contributed by atoms with van der Waals surface area (Å²) >= 11 is 0. The average molecular weight is 296 g/mol. The average Bonchev–Trinajstić information content (AvgIpc) is 2.37. The van der Waals surface area contributed by atoms with Crippen molar-refractivity contribution in [3.63, 3.8) is 0 Å². The highest BCUT2D eigenvalue weighted by atomic mass is 19.1. The maximum atomic E-state index is 13.4. The number of nitro benzene ring substituents is 2. The Bertz CT molecular complexity index is 674. The SMILES string of the molecule is O=[N+]([O-])c1ccc(Oc2ccc([N+](=O)[O-])c(F)c2)cc1F. The van der Waals surface area contributed by atoms with Gasteiger partial charge >= 0.3 is 11.4 Å². The molecule has 0 bridgehead atoms. The molecule has 7 nitrogen and oxygen atoms in total. The van der Waals surface area contributed by atoms with Gasteiger partial charge in [0.1, 0.15) is 11.5 Å². The van der Waals surface area contributed by atoms with Crippen LogP contribution in [0.25, 0.3) is 0 Å². The molecule has 0 spiro atoms. The van der Waals surface area contributed by atoms with E-state index in [4.69, 9.17) is 4.74 Å². The van der Waals surface area contributed by atoms with Crippen LogP contribution in [0.4, 0.5) is 20.2 Å². The van der Waals surface area contributed by atoms with Crippen LogP contribution in [-0.2, 0) is 0 Å². The van der Waals surface area contributed by atoms with Gasteiger partial charge in [-0.15, -0.1) is 0 Å². The molecule has 0 aliphatic rings. The number of benzene rings is 2. The number of nitrogens with zero attached hydrogens (tertiary/aromatic N) is 2. The lowest BCUT2D eigenvalue weighted by molar-refractivity contribution is -0.387. The molecule has 0 aliphatic heterocycles. The molecule has 2 rings (SSSR count). The van der Waals surface area contributed by atoms with E-state index in [0.717, 1.165) is 36.4 Å². The second kappa shape index (κ2) is 5.49. The predicted molar refractivity (Wildman–Crippen MR) is 66.2 cm³/mol. The van der Waals surface area contributed by atoms with E-state index in [-0.39, 0.29) is 11.5 Å². The maximum Gasteiger partial charge on any atom is 0.305 e. The van der Waals surface area contributed by atoms with Crippen molar-refractivity contribution in [3.8, 4) is 11.5 Å². The predicted octanol–water partition coefficient (Wildman–Crippen LogP) is 3.57. The van der Waals surface area contributed by atoms with Crippen molar-refractivity contribution >= 4 is 11.4 Å². The van der Waals surface area contributed by atoms with E-state index in [2.05, 4.69) is 0 Å². The summed E-state index contributed by atoms with van der Waals surface area (Å²) in [5.41, 5.74) is -1.45. The molecule has 0 amide bonds. The topological polar surface area (TPSA) is 95.5 Å². The fourth-order valence-corrected chi connectivity index (χ4v) is 1.53. The highest BCUT2D eigenvalue weighted by molar-refractivity contribution is 5.42. The zero-order chi connectivity index (χ0) is 15.6. The van der Waals surface area contributed by atoms with Gasteiger partial charge in [-0.25, -0.2) is 0 Å². The van der Waals surface area contributed by atoms with E-state index in [1.807, 2.05) is 0 Å². The van der Waals surface area contributed by atoms with Crippen LogP contribution in [0, 0.1) is 31.9 Å². The van der Waals surface area contributed by atoms with Crippen LogP contribution in [0.15, 0.2) is 36.4 Å². The summed E-state index contributed by atoms with van der Waals surface area (Å²) in [6.07, 6.45) is 0. The molecular formula is C12H6F2N2O5. The summed E-state index contributed by atoms with van der Waals surface area (Å²) in [4.78, 5) is 19.1. The van der Waals surface area contributed by atoms with E-state index in [1.165, 1.54) is 0 Å². The Balaban J connectivity index is 2.26. The molecule has 0 aromatic heterocycles. The van der Waals surface area contributed by atoms with Gasteiger partial charge in [0.15, 0.2) is 0 Å². The number of nitro groups is 2. The zero-order valence-electron chi connectivity index (χ0n) is 10.2. The smallest absolute Gasteiger partial charge is 0.305 e. The van der Waals surface area contributed by atoms with Crippen LogP contribution in [0.5, 0.6) is 11.5 Å². The van der Waals surface area contributed by atoms with Crippen LogP contribution >= 0.6 is 0 Å². The third kappa shape index (κ3) is 3.08. The Hall–Kier alpha value is -3.10. The molecule has 0 saturated heterocycles. The van der Waals surface area contributed by atoms with Gasteiger partial charge < -0.3 is 4.74 Å². The Morgan fingerprint density at radius 2 is 1.19 bits per heavy atom. The number of halogens is 2. The van der Waals surface area contributed by atoms with Crippen LogP contribution < -0.4 is 4.74 Å². The first kappa shape index (κ1) is 14.3. The van der Waals surface area contributed by atoms with Crippen LogP contribution in [-0.4, -0.2) is 9.85 Å². The zero-order valence-corrected chi connectivity index (χ0v) is 10.2. The number of hydrogen-bond acceptors (Lipinski definition) is 5. The Morgan fingerprint density at radius 1 is 0.810 bits per heavy atom. The van der Waals surface area contributed by atoms with Crippen LogP contribution in [0.1, 0.15) is 0 Å². The lowest BCUT2D eigenvalue weighted by atomic mass is 10.2. The largest absolute Gasteiger partial charge is 0.457 e. The fraction of sp³-hybridized carbons (Fsp3) is 0. The number of hydrogen-bond donors (Lipinski definition) is 0. The summed E-state index contributed by atoms with van der Waals surface area (Å²) in [7, 11) is 0. The van der Waals surface area contributed by atoms with Gasteiger partial charge in [-0.3, -0.25) is 20.2 Å². The van der Waals surface area contributed by atoms with Gasteiger partial charge in [0.05, 0.1) is 9.85 Å². The van der Waals surface area contributed by atoms with E-state index in [0.29, 0.717) is 0 Å². The minimum atomic E-state index is -1.11. The van der Waals surface area contributed by atoms with Gasteiger partial charge in [0, 0.05) is 24.3 Å². The van der Waals surface area contributed by atoms with Gasteiger partial charge in [-0.05, 0) is 12.1 Å². The molecule has 2 aromatic rings. The first-order valence-electron chi connectivity index (χ1n) is 5.44. The summed E-state index contributed by atoms with van der Waals surface area (Å²) < 4.78 is 31.8. The molecule has 0 atom stereocenters. The summed E-state index contributed by atoms with van der Waals surface area (Å²) in [5, 5.41) is 20.9. The molecule has 9 heteroatoms. The molecule has 108 valence electrons. The van der Waals surface area contributed by atoms with Gasteiger partial charge in [0.25, 0.3) is 0 Å². The van der Waals surface area contributed by atoms with Gasteiger partial charge in [-0.1, -0.05) is 0 Å². The van der Waals surface area contributed by atoms with E-state index in [9.17, 15) is 29.0 Å². The third-order valence-corrected chi connectivity index (χ3v) is 2.47. The molecule has 0 saturated carbocycles. The normalized spacial score (nSPS) is 10.2. The lowest BCUT2D eigenvalue weighted by Gasteiger charge is -2.06. The molecule has 2 aromatic carbocycles. The van der Waals surface area contributed by atoms with Crippen molar-refractivity contribution in [2.24, 2.45) is 0 Å². The number of rotatable bonds is 4. The molecule has 0 N–H and O–H groups in total. The Morgan fingerprint density at radius 3 is 1.48 bits per heavy atom. The summed E-state index contributed by atoms with van der Waals surface area (Å²) in [5.74, 6) is -2.43. The monoisotopic (exact) mass is 296 g/mol. The van der Waals surface area contributed by atoms with E-state index in [1.54, 1.807) is 0 Å². The Kier molecular flexibility index (Phi) is 3.74. The quantitative estimate of drug-likeness (QED) is 0.634. The fourth-order valence-electron chi connectivity index (χ4n) is 1.53. The van der Waals surface area contributed by atoms with Crippen molar-refractivity contribution in [3.05, 3.63) is 68.3 Å². The molecule has 0 unspecified atom stereocenters.